The molecule has 0 aromatic carbocycles. The monoisotopic (exact) mass is 226 g/mol. The lowest BCUT2D eigenvalue weighted by atomic mass is 10.3. The molecule has 6 heteroatoms. The van der Waals surface area contributed by atoms with E-state index in [1.54, 1.807) is 17.5 Å². The Morgan fingerprint density at radius 1 is 1.64 bits per heavy atom. The van der Waals surface area contributed by atoms with Gasteiger partial charge in [0.25, 0.3) is 0 Å². The summed E-state index contributed by atoms with van der Waals surface area (Å²) in [5.74, 6) is 0.887. The Bertz CT molecular complexity index is 468. The summed E-state index contributed by atoms with van der Waals surface area (Å²) in [5.41, 5.74) is 0. The van der Waals surface area contributed by atoms with Crippen molar-refractivity contribution in [3.05, 3.63) is 27.2 Å². The molecular formula is C8H10N4S2. The molecule has 0 radical (unpaired) electrons. The lowest BCUT2D eigenvalue weighted by Gasteiger charge is -2.10. The largest absolute Gasteiger partial charge is 0.295 e. The molecule has 1 unspecified atom stereocenters. The summed E-state index contributed by atoms with van der Waals surface area (Å²) in [6, 6.07) is 0.154. The molecule has 0 aliphatic heterocycles. The Kier molecular flexibility index (Phi) is 2.47. The van der Waals surface area contributed by atoms with Gasteiger partial charge in [0.1, 0.15) is 10.8 Å². The van der Waals surface area contributed by atoms with E-state index in [9.17, 15) is 0 Å². The topological polar surface area (TPSA) is 46.5 Å². The zero-order valence-electron chi connectivity index (χ0n) is 7.89. The van der Waals surface area contributed by atoms with Crippen molar-refractivity contribution in [2.75, 3.05) is 0 Å². The normalized spacial score (nSPS) is 13.0. The minimum Gasteiger partial charge on any atom is -0.295 e. The maximum atomic E-state index is 5.14. The van der Waals surface area contributed by atoms with Crippen LogP contribution in [0.2, 0.25) is 0 Å². The predicted molar refractivity (Wildman–Crippen MR) is 58.1 cm³/mol. The van der Waals surface area contributed by atoms with Crippen LogP contribution in [0.15, 0.2) is 11.6 Å². The van der Waals surface area contributed by atoms with Crippen molar-refractivity contribution in [3.8, 4) is 0 Å². The van der Waals surface area contributed by atoms with Crippen LogP contribution in [0, 0.1) is 11.7 Å². The second-order valence-corrected chi connectivity index (χ2v) is 4.31. The molecule has 14 heavy (non-hydrogen) atoms. The molecule has 74 valence electrons. The smallest absolute Gasteiger partial charge is 0.195 e. The third kappa shape index (κ3) is 1.51. The molecule has 4 nitrogen and oxygen atoms in total. The number of aromatic nitrogens is 4. The van der Waals surface area contributed by atoms with E-state index in [2.05, 4.69) is 22.1 Å². The second kappa shape index (κ2) is 3.62. The van der Waals surface area contributed by atoms with Gasteiger partial charge in [-0.1, -0.05) is 0 Å². The van der Waals surface area contributed by atoms with Gasteiger partial charge in [-0.2, -0.15) is 5.10 Å². The van der Waals surface area contributed by atoms with Crippen molar-refractivity contribution in [2.45, 2.75) is 19.9 Å². The van der Waals surface area contributed by atoms with Gasteiger partial charge < -0.3 is 0 Å². The van der Waals surface area contributed by atoms with E-state index in [0.29, 0.717) is 4.77 Å². The highest BCUT2D eigenvalue weighted by Gasteiger charge is 2.13. The van der Waals surface area contributed by atoms with Crippen molar-refractivity contribution in [2.24, 2.45) is 0 Å². The fraction of sp³-hybridized carbons (Fsp3) is 0.375. The Morgan fingerprint density at radius 3 is 2.93 bits per heavy atom. The van der Waals surface area contributed by atoms with Gasteiger partial charge in [0.05, 0.1) is 6.04 Å². The van der Waals surface area contributed by atoms with Gasteiger partial charge in [0, 0.05) is 11.6 Å². The van der Waals surface area contributed by atoms with Gasteiger partial charge in [-0.3, -0.25) is 9.67 Å². The van der Waals surface area contributed by atoms with E-state index >= 15 is 0 Å². The van der Waals surface area contributed by atoms with Crippen molar-refractivity contribution < 1.29 is 0 Å². The van der Waals surface area contributed by atoms with E-state index in [0.717, 1.165) is 10.8 Å². The quantitative estimate of drug-likeness (QED) is 0.799. The standard InChI is InChI=1S/C8H10N4S2/c1-5(7-9-3-4-14-7)12-6(2)10-11-8(12)13/h3-5H,1-2H3,(H,11,13). The van der Waals surface area contributed by atoms with Crippen LogP contribution in [0.3, 0.4) is 0 Å². The molecule has 2 aromatic heterocycles. The first kappa shape index (κ1) is 9.54. The first-order valence-electron chi connectivity index (χ1n) is 4.23. The number of hydrogen-bond donors (Lipinski definition) is 1. The van der Waals surface area contributed by atoms with Crippen LogP contribution in [0.4, 0.5) is 0 Å². The predicted octanol–water partition coefficient (Wildman–Crippen LogP) is 2.31. The number of nitrogens with zero attached hydrogens (tertiary/aromatic N) is 3. The van der Waals surface area contributed by atoms with Gasteiger partial charge in [0.2, 0.25) is 0 Å². The SMILES string of the molecule is Cc1n[nH]c(=S)n1C(C)c1nccs1. The third-order valence-corrected chi connectivity index (χ3v) is 3.31. The number of rotatable bonds is 2. The molecule has 0 fully saturated rings. The van der Waals surface area contributed by atoms with Gasteiger partial charge in [0.15, 0.2) is 4.77 Å². The van der Waals surface area contributed by atoms with Crippen LogP contribution in [0.1, 0.15) is 23.8 Å². The Labute approximate surface area is 90.6 Å². The minimum absolute atomic E-state index is 0.154. The van der Waals surface area contributed by atoms with Crippen molar-refractivity contribution in [1.29, 1.82) is 0 Å². The molecular weight excluding hydrogens is 216 g/mol. The molecule has 1 atom stereocenters. The minimum atomic E-state index is 0.154. The number of aryl methyl sites for hydroxylation is 1. The third-order valence-electron chi connectivity index (χ3n) is 2.08. The van der Waals surface area contributed by atoms with Crippen molar-refractivity contribution in [1.82, 2.24) is 19.7 Å². The summed E-state index contributed by atoms with van der Waals surface area (Å²) < 4.78 is 2.61. The molecule has 0 spiro atoms. The highest BCUT2D eigenvalue weighted by molar-refractivity contribution is 7.71. The molecule has 2 rings (SSSR count). The number of hydrogen-bond acceptors (Lipinski definition) is 4. The van der Waals surface area contributed by atoms with E-state index in [1.165, 1.54) is 0 Å². The number of H-pyrrole nitrogens is 1. The Hall–Kier alpha value is -1.01. The van der Waals surface area contributed by atoms with Crippen LogP contribution < -0.4 is 0 Å². The summed E-state index contributed by atoms with van der Waals surface area (Å²) in [5, 5.41) is 9.85. The van der Waals surface area contributed by atoms with Gasteiger partial charge in [-0.15, -0.1) is 11.3 Å². The average molecular weight is 226 g/mol. The maximum Gasteiger partial charge on any atom is 0.195 e. The van der Waals surface area contributed by atoms with Crippen molar-refractivity contribution >= 4 is 23.6 Å². The first-order valence-corrected chi connectivity index (χ1v) is 5.52. The molecule has 0 aliphatic carbocycles. The molecule has 2 heterocycles. The maximum absolute atomic E-state index is 5.14. The lowest BCUT2D eigenvalue weighted by Crippen LogP contribution is -2.08. The summed E-state index contributed by atoms with van der Waals surface area (Å²) in [6.07, 6.45) is 1.80. The van der Waals surface area contributed by atoms with E-state index in [1.807, 2.05) is 16.9 Å². The zero-order valence-corrected chi connectivity index (χ0v) is 9.52. The summed E-state index contributed by atoms with van der Waals surface area (Å²) >= 11 is 6.77. The zero-order chi connectivity index (χ0) is 10.1. The van der Waals surface area contributed by atoms with Gasteiger partial charge in [-0.05, 0) is 26.1 Å². The van der Waals surface area contributed by atoms with E-state index < -0.39 is 0 Å². The summed E-state index contributed by atoms with van der Waals surface area (Å²) in [7, 11) is 0. The van der Waals surface area contributed by atoms with Crippen LogP contribution in [0.5, 0.6) is 0 Å². The van der Waals surface area contributed by atoms with Gasteiger partial charge in [-0.25, -0.2) is 4.98 Å². The molecule has 2 aromatic rings. The number of aromatic amines is 1. The highest BCUT2D eigenvalue weighted by Crippen LogP contribution is 2.20. The fourth-order valence-electron chi connectivity index (χ4n) is 1.39. The number of thiazole rings is 1. The van der Waals surface area contributed by atoms with Crippen LogP contribution in [-0.4, -0.2) is 19.7 Å². The van der Waals surface area contributed by atoms with E-state index in [4.69, 9.17) is 12.2 Å². The van der Waals surface area contributed by atoms with Crippen molar-refractivity contribution in [3.63, 3.8) is 0 Å². The number of nitrogens with one attached hydrogen (secondary N) is 1. The lowest BCUT2D eigenvalue weighted by molar-refractivity contribution is 0.607. The molecule has 0 aliphatic rings. The Balaban J connectivity index is 2.46. The fourth-order valence-corrected chi connectivity index (χ4v) is 2.41. The molecule has 0 saturated heterocycles. The van der Waals surface area contributed by atoms with E-state index in [-0.39, 0.29) is 6.04 Å². The molecule has 0 saturated carbocycles. The summed E-state index contributed by atoms with van der Waals surface area (Å²) in [6.45, 7) is 3.99. The molecule has 0 bridgehead atoms. The van der Waals surface area contributed by atoms with Crippen LogP contribution in [-0.2, 0) is 0 Å². The average Bonchev–Trinajstić information content (AvgIpc) is 2.75. The first-order chi connectivity index (χ1) is 6.70. The Morgan fingerprint density at radius 2 is 2.43 bits per heavy atom. The molecule has 1 N–H and O–H groups in total. The molecule has 0 amide bonds. The second-order valence-electron chi connectivity index (χ2n) is 2.99. The van der Waals surface area contributed by atoms with Crippen LogP contribution >= 0.6 is 23.6 Å². The van der Waals surface area contributed by atoms with Crippen LogP contribution in [0.25, 0.3) is 0 Å². The highest BCUT2D eigenvalue weighted by atomic mass is 32.1. The summed E-state index contributed by atoms with van der Waals surface area (Å²) in [4.78, 5) is 4.26. The van der Waals surface area contributed by atoms with Gasteiger partial charge >= 0.3 is 0 Å².